The maximum Gasteiger partial charge on any atom is 0.156 e. The van der Waals surface area contributed by atoms with Crippen molar-refractivity contribution in [2.24, 2.45) is 0 Å². The highest BCUT2D eigenvalue weighted by Gasteiger charge is 2.13. The Hall–Kier alpha value is -2.27. The van der Waals surface area contributed by atoms with Crippen molar-refractivity contribution in [3.8, 4) is 5.82 Å². The molecular weight excluding hydrogens is 264 g/mol. The molecule has 6 heteroatoms. The van der Waals surface area contributed by atoms with E-state index in [1.165, 1.54) is 0 Å². The first-order valence-corrected chi connectivity index (χ1v) is 5.98. The number of nitrogens with zero attached hydrogens (tertiary/aromatic N) is 4. The van der Waals surface area contributed by atoms with E-state index in [0.29, 0.717) is 27.7 Å². The SMILES string of the molecule is Cc1nc2c(cc1C=O)c(Cl)cn2-c1cnccn1. The molecule has 0 unspecified atom stereocenters. The summed E-state index contributed by atoms with van der Waals surface area (Å²) < 4.78 is 1.76. The van der Waals surface area contributed by atoms with Crippen LogP contribution in [0.2, 0.25) is 5.02 Å². The molecular formula is C13H9ClN4O. The molecule has 94 valence electrons. The lowest BCUT2D eigenvalue weighted by atomic mass is 10.2. The van der Waals surface area contributed by atoms with Crippen LogP contribution in [0.3, 0.4) is 0 Å². The Morgan fingerprint density at radius 2 is 2.21 bits per heavy atom. The molecule has 3 rings (SSSR count). The van der Waals surface area contributed by atoms with Crippen molar-refractivity contribution in [2.45, 2.75) is 6.92 Å². The Labute approximate surface area is 113 Å². The average Bonchev–Trinajstić information content (AvgIpc) is 2.75. The highest BCUT2D eigenvalue weighted by Crippen LogP contribution is 2.27. The summed E-state index contributed by atoms with van der Waals surface area (Å²) in [6, 6.07) is 1.74. The van der Waals surface area contributed by atoms with Gasteiger partial charge >= 0.3 is 0 Å². The van der Waals surface area contributed by atoms with Crippen molar-refractivity contribution < 1.29 is 4.79 Å². The van der Waals surface area contributed by atoms with Gasteiger partial charge in [-0.15, -0.1) is 0 Å². The standard InChI is InChI=1S/C13H9ClN4O/c1-8-9(7-19)4-10-11(14)6-18(13(10)17-8)12-5-15-2-3-16-12/h2-7H,1H3. The van der Waals surface area contributed by atoms with Gasteiger partial charge in [0.15, 0.2) is 12.1 Å². The van der Waals surface area contributed by atoms with Gasteiger partial charge in [0.2, 0.25) is 0 Å². The number of fused-ring (bicyclic) bond motifs is 1. The van der Waals surface area contributed by atoms with E-state index in [1.54, 1.807) is 42.3 Å². The molecule has 0 bridgehead atoms. The highest BCUT2D eigenvalue weighted by atomic mass is 35.5. The predicted octanol–water partition coefficient (Wildman–Crippen LogP) is 2.59. The number of halogens is 1. The molecule has 0 saturated carbocycles. The van der Waals surface area contributed by atoms with E-state index < -0.39 is 0 Å². The zero-order valence-electron chi connectivity index (χ0n) is 10.0. The van der Waals surface area contributed by atoms with Crippen LogP contribution < -0.4 is 0 Å². The molecule has 0 aliphatic heterocycles. The minimum absolute atomic E-state index is 0.524. The largest absolute Gasteiger partial charge is 0.298 e. The smallest absolute Gasteiger partial charge is 0.156 e. The van der Waals surface area contributed by atoms with Crippen molar-refractivity contribution in [2.75, 3.05) is 0 Å². The lowest BCUT2D eigenvalue weighted by Crippen LogP contribution is -1.99. The van der Waals surface area contributed by atoms with E-state index in [9.17, 15) is 4.79 Å². The number of aryl methyl sites for hydroxylation is 1. The van der Waals surface area contributed by atoms with Crippen LogP contribution in [0.25, 0.3) is 16.9 Å². The van der Waals surface area contributed by atoms with Crippen LogP contribution in [0.5, 0.6) is 0 Å². The third-order valence-electron chi connectivity index (χ3n) is 2.88. The van der Waals surface area contributed by atoms with E-state index in [0.717, 1.165) is 11.7 Å². The summed E-state index contributed by atoms with van der Waals surface area (Å²) in [5, 5.41) is 1.25. The van der Waals surface area contributed by atoms with Crippen molar-refractivity contribution >= 4 is 28.9 Å². The number of pyridine rings is 1. The molecule has 3 heterocycles. The van der Waals surface area contributed by atoms with Gasteiger partial charge in [0.1, 0.15) is 5.65 Å². The number of rotatable bonds is 2. The fraction of sp³-hybridized carbons (Fsp3) is 0.0769. The van der Waals surface area contributed by atoms with Crippen LogP contribution in [0, 0.1) is 6.92 Å². The van der Waals surface area contributed by atoms with E-state index in [4.69, 9.17) is 11.6 Å². The molecule has 0 aliphatic rings. The maximum absolute atomic E-state index is 10.9. The van der Waals surface area contributed by atoms with Gasteiger partial charge in [0, 0.05) is 29.5 Å². The summed E-state index contributed by atoms with van der Waals surface area (Å²) in [6.45, 7) is 1.78. The fourth-order valence-corrected chi connectivity index (χ4v) is 2.16. The first kappa shape index (κ1) is 11.8. The Balaban J connectivity index is 2.34. The molecule has 0 saturated heterocycles. The number of hydrogen-bond acceptors (Lipinski definition) is 4. The molecule has 0 N–H and O–H groups in total. The quantitative estimate of drug-likeness (QED) is 0.673. The topological polar surface area (TPSA) is 60.7 Å². The lowest BCUT2D eigenvalue weighted by molar-refractivity contribution is 0.112. The summed E-state index contributed by atoms with van der Waals surface area (Å²) in [4.78, 5) is 23.6. The summed E-state index contributed by atoms with van der Waals surface area (Å²) in [5.74, 6) is 0.630. The van der Waals surface area contributed by atoms with Gasteiger partial charge < -0.3 is 0 Å². The van der Waals surface area contributed by atoms with Crippen LogP contribution >= 0.6 is 11.6 Å². The van der Waals surface area contributed by atoms with Crippen molar-refractivity contribution in [3.05, 3.63) is 47.1 Å². The highest BCUT2D eigenvalue weighted by molar-refractivity contribution is 6.35. The first-order chi connectivity index (χ1) is 9.20. The molecule has 3 aromatic rings. The number of aldehydes is 1. The average molecular weight is 273 g/mol. The Kier molecular flexibility index (Phi) is 2.76. The minimum Gasteiger partial charge on any atom is -0.298 e. The van der Waals surface area contributed by atoms with Gasteiger partial charge in [0.05, 0.1) is 16.9 Å². The van der Waals surface area contributed by atoms with Crippen LogP contribution in [-0.2, 0) is 0 Å². The Bertz CT molecular complexity index is 767. The molecule has 0 aliphatic carbocycles. The normalized spacial score (nSPS) is 10.8. The third kappa shape index (κ3) is 1.88. The third-order valence-corrected chi connectivity index (χ3v) is 3.18. The molecule has 19 heavy (non-hydrogen) atoms. The number of hydrogen-bond donors (Lipinski definition) is 0. The van der Waals surface area contributed by atoms with Crippen molar-refractivity contribution in [1.29, 1.82) is 0 Å². The van der Waals surface area contributed by atoms with E-state index in [1.807, 2.05) is 0 Å². The number of aromatic nitrogens is 4. The zero-order valence-corrected chi connectivity index (χ0v) is 10.8. The number of carbonyl (C=O) groups excluding carboxylic acids is 1. The Morgan fingerprint density at radius 3 is 2.89 bits per heavy atom. The van der Waals surface area contributed by atoms with Crippen LogP contribution in [0.15, 0.2) is 30.9 Å². The van der Waals surface area contributed by atoms with Gasteiger partial charge in [0.25, 0.3) is 0 Å². The monoisotopic (exact) mass is 272 g/mol. The van der Waals surface area contributed by atoms with Gasteiger partial charge in [-0.1, -0.05) is 11.6 Å². The molecule has 0 spiro atoms. The van der Waals surface area contributed by atoms with Crippen molar-refractivity contribution in [1.82, 2.24) is 19.5 Å². The van der Waals surface area contributed by atoms with Gasteiger partial charge in [-0.25, -0.2) is 9.97 Å². The molecule has 5 nitrogen and oxygen atoms in total. The van der Waals surface area contributed by atoms with Gasteiger partial charge in [-0.2, -0.15) is 0 Å². The van der Waals surface area contributed by atoms with Gasteiger partial charge in [-0.05, 0) is 13.0 Å². The van der Waals surface area contributed by atoms with Crippen LogP contribution in [-0.4, -0.2) is 25.8 Å². The van der Waals surface area contributed by atoms with E-state index >= 15 is 0 Å². The zero-order chi connectivity index (χ0) is 13.4. The maximum atomic E-state index is 10.9. The van der Waals surface area contributed by atoms with Crippen LogP contribution in [0.4, 0.5) is 0 Å². The van der Waals surface area contributed by atoms with E-state index in [2.05, 4.69) is 15.0 Å². The summed E-state index contributed by atoms with van der Waals surface area (Å²) in [5.41, 5.74) is 1.85. The van der Waals surface area contributed by atoms with Crippen LogP contribution in [0.1, 0.15) is 16.1 Å². The first-order valence-electron chi connectivity index (χ1n) is 5.60. The minimum atomic E-state index is 0.524. The summed E-state index contributed by atoms with van der Waals surface area (Å²) >= 11 is 6.18. The second-order valence-corrected chi connectivity index (χ2v) is 4.47. The fourth-order valence-electron chi connectivity index (χ4n) is 1.92. The molecule has 0 fully saturated rings. The second-order valence-electron chi connectivity index (χ2n) is 4.06. The second kappa shape index (κ2) is 4.44. The van der Waals surface area contributed by atoms with Crippen molar-refractivity contribution in [3.63, 3.8) is 0 Å². The Morgan fingerprint density at radius 1 is 1.37 bits per heavy atom. The van der Waals surface area contributed by atoms with Gasteiger partial charge in [-0.3, -0.25) is 14.3 Å². The summed E-state index contributed by atoms with van der Waals surface area (Å²) in [6.07, 6.45) is 7.32. The molecule has 0 aromatic carbocycles. The van der Waals surface area contributed by atoms with E-state index in [-0.39, 0.29) is 0 Å². The molecule has 3 aromatic heterocycles. The number of carbonyl (C=O) groups is 1. The molecule has 0 amide bonds. The molecule has 0 radical (unpaired) electrons. The lowest BCUT2D eigenvalue weighted by Gasteiger charge is -2.04. The summed E-state index contributed by atoms with van der Waals surface area (Å²) in [7, 11) is 0. The molecule has 0 atom stereocenters. The predicted molar refractivity (Wildman–Crippen MR) is 71.8 cm³/mol.